The van der Waals surface area contributed by atoms with Gasteiger partial charge in [0.2, 0.25) is 0 Å². The second-order valence-corrected chi connectivity index (χ2v) is 14.1. The van der Waals surface area contributed by atoms with Crippen molar-refractivity contribution < 1.29 is 19.2 Å². The van der Waals surface area contributed by atoms with E-state index in [1.807, 2.05) is 6.20 Å². The summed E-state index contributed by atoms with van der Waals surface area (Å²) in [4.78, 5) is 15.7. The number of hydrogen-bond donors (Lipinski definition) is 2. The number of H-pyrrole nitrogens is 1. The predicted octanol–water partition coefficient (Wildman–Crippen LogP) is 12.0. The molecule has 2 N–H and O–H groups in total. The van der Waals surface area contributed by atoms with Gasteiger partial charge in [-0.2, -0.15) is 0 Å². The van der Waals surface area contributed by atoms with Crippen LogP contribution in [0.2, 0.25) is 0 Å². The van der Waals surface area contributed by atoms with E-state index in [1.165, 1.54) is 160 Å². The van der Waals surface area contributed by atoms with Crippen LogP contribution in [-0.4, -0.2) is 29.3 Å². The summed E-state index contributed by atoms with van der Waals surface area (Å²) in [6, 6.07) is 0. The lowest BCUT2D eigenvalue weighted by Gasteiger charge is -2.06. The molecule has 0 aliphatic carbocycles. The highest BCUT2D eigenvalue weighted by atomic mass is 16.5. The van der Waals surface area contributed by atoms with E-state index in [4.69, 9.17) is 4.74 Å². The molecular weight excluding hydrogens is 592 g/mol. The van der Waals surface area contributed by atoms with E-state index in [0.717, 1.165) is 31.4 Å². The molecule has 0 saturated carbocycles. The summed E-state index contributed by atoms with van der Waals surface area (Å²) in [5.74, 6) is 1.09. The molecule has 0 aliphatic rings. The molecule has 1 rings (SSSR count). The van der Waals surface area contributed by atoms with Crippen molar-refractivity contribution in [1.82, 2.24) is 4.98 Å². The van der Waals surface area contributed by atoms with Gasteiger partial charge in [-0.15, -0.1) is 0 Å². The van der Waals surface area contributed by atoms with E-state index in [9.17, 15) is 9.90 Å². The van der Waals surface area contributed by atoms with Crippen LogP contribution in [0.5, 0.6) is 0 Å². The van der Waals surface area contributed by atoms with E-state index in [2.05, 4.69) is 47.7 Å². The first kappa shape index (κ1) is 44.1. The van der Waals surface area contributed by atoms with Gasteiger partial charge in [-0.1, -0.05) is 147 Å². The van der Waals surface area contributed by atoms with Gasteiger partial charge in [-0.25, -0.2) is 9.55 Å². The van der Waals surface area contributed by atoms with E-state index >= 15 is 0 Å². The third-order valence-electron chi connectivity index (χ3n) is 9.59. The fourth-order valence-corrected chi connectivity index (χ4v) is 6.51. The number of hydrogen-bond acceptors (Lipinski definition) is 3. The van der Waals surface area contributed by atoms with Crippen LogP contribution in [0.3, 0.4) is 0 Å². The number of nitrogens with one attached hydrogen (secondary N) is 1. The third kappa shape index (κ3) is 27.0. The number of imidazole rings is 1. The molecule has 0 bridgehead atoms. The predicted molar refractivity (Wildman–Crippen MR) is 205 cm³/mol. The molecule has 0 aliphatic heterocycles. The summed E-state index contributed by atoms with van der Waals surface area (Å²) < 4.78 is 7.75. The van der Waals surface area contributed by atoms with Crippen molar-refractivity contribution in [3.05, 3.63) is 42.0 Å². The van der Waals surface area contributed by atoms with E-state index < -0.39 is 0 Å². The van der Waals surface area contributed by atoms with E-state index in [-0.39, 0.29) is 12.6 Å². The lowest BCUT2D eigenvalue weighted by atomic mass is 10.1. The molecule has 0 saturated heterocycles. The topological polar surface area (TPSA) is 66.2 Å². The number of rotatable bonds is 36. The quantitative estimate of drug-likeness (QED) is 0.0323. The van der Waals surface area contributed by atoms with Crippen LogP contribution < -0.4 is 4.57 Å². The molecular formula is C43H79N2O3+. The maximum Gasteiger partial charge on any atom is 0.305 e. The standard InChI is InChI=1S/C43H78N2O3/c1-3-5-7-9-11-13-15-17-19-21-22-24-26-28-30-32-34-42-44-40-41(45(42)37-38-46)36-39-48-43(47)35-33-31-29-27-25-23-20-18-16-14-12-10-8-6-4-2/h17-20,40,46H,3-16,21-39H2,1-2H3/p+1/b19-17-,20-18-. The molecule has 1 aromatic rings. The molecule has 0 atom stereocenters. The molecule has 0 spiro atoms. The van der Waals surface area contributed by atoms with E-state index in [1.54, 1.807) is 0 Å². The Morgan fingerprint density at radius 3 is 1.54 bits per heavy atom. The minimum atomic E-state index is -0.0821. The van der Waals surface area contributed by atoms with Crippen molar-refractivity contribution in [2.24, 2.45) is 0 Å². The highest BCUT2D eigenvalue weighted by Crippen LogP contribution is 2.13. The summed E-state index contributed by atoms with van der Waals surface area (Å²) in [7, 11) is 0. The highest BCUT2D eigenvalue weighted by Gasteiger charge is 2.17. The van der Waals surface area contributed by atoms with Crippen molar-refractivity contribution in [1.29, 1.82) is 0 Å². The van der Waals surface area contributed by atoms with Gasteiger partial charge in [0.1, 0.15) is 18.4 Å². The van der Waals surface area contributed by atoms with Gasteiger partial charge < -0.3 is 9.84 Å². The monoisotopic (exact) mass is 672 g/mol. The maximum absolute atomic E-state index is 12.3. The Bertz CT molecular complexity index is 891. The number of ether oxygens (including phenoxy) is 1. The Kier molecular flexibility index (Phi) is 32.2. The number of aromatic nitrogens is 2. The first-order valence-corrected chi connectivity index (χ1v) is 20.9. The number of unbranched alkanes of at least 4 members (excludes halogenated alkanes) is 23. The number of carbonyl (C=O) groups is 1. The highest BCUT2D eigenvalue weighted by molar-refractivity contribution is 5.69. The third-order valence-corrected chi connectivity index (χ3v) is 9.59. The first-order valence-electron chi connectivity index (χ1n) is 20.9. The molecule has 0 amide bonds. The average molecular weight is 672 g/mol. The van der Waals surface area contributed by atoms with Crippen LogP contribution in [0.1, 0.15) is 205 Å². The van der Waals surface area contributed by atoms with Crippen LogP contribution in [-0.2, 0) is 28.9 Å². The SMILES string of the molecule is CCCCCCCC/C=C\CCCCCCCCc1[nH]cc(CCOC(=O)CCCCCCC/C=C\CCCCCCCC)[n+]1CCO. The lowest BCUT2D eigenvalue weighted by Crippen LogP contribution is -2.42. The molecule has 5 heteroatoms. The van der Waals surface area contributed by atoms with Gasteiger partial charge in [-0.05, 0) is 64.2 Å². The van der Waals surface area contributed by atoms with Crippen molar-refractivity contribution in [3.8, 4) is 0 Å². The number of aliphatic hydroxyl groups is 1. The molecule has 0 radical (unpaired) electrons. The Hall–Kier alpha value is -1.88. The molecule has 0 aromatic carbocycles. The fraction of sp³-hybridized carbons (Fsp3) is 0.814. The molecule has 0 unspecified atom stereocenters. The van der Waals surface area contributed by atoms with Crippen LogP contribution in [0.15, 0.2) is 30.5 Å². The number of aliphatic hydroxyl groups excluding tert-OH is 1. The number of nitrogens with zero attached hydrogens (tertiary/aromatic N) is 1. The summed E-state index contributed by atoms with van der Waals surface area (Å²) in [5, 5.41) is 9.65. The zero-order valence-electron chi connectivity index (χ0n) is 31.9. The molecule has 5 nitrogen and oxygen atoms in total. The second-order valence-electron chi connectivity index (χ2n) is 14.1. The molecule has 0 fully saturated rings. The molecule has 1 heterocycles. The Morgan fingerprint density at radius 1 is 0.625 bits per heavy atom. The van der Waals surface area contributed by atoms with Crippen LogP contribution >= 0.6 is 0 Å². The lowest BCUT2D eigenvalue weighted by molar-refractivity contribution is -0.711. The Labute approximate surface area is 297 Å². The summed E-state index contributed by atoms with van der Waals surface area (Å²) in [6.45, 7) is 5.66. The number of aryl methyl sites for hydroxylation is 1. The van der Waals surface area contributed by atoms with Crippen molar-refractivity contribution >= 4 is 5.97 Å². The van der Waals surface area contributed by atoms with Crippen LogP contribution in [0, 0.1) is 0 Å². The number of aromatic amines is 1. The zero-order chi connectivity index (χ0) is 34.6. The summed E-state index contributed by atoms with van der Waals surface area (Å²) in [5.41, 5.74) is 1.11. The number of esters is 1. The van der Waals surface area contributed by atoms with Crippen LogP contribution in [0.4, 0.5) is 0 Å². The molecule has 1 aromatic heterocycles. The smallest absolute Gasteiger partial charge is 0.305 e. The van der Waals surface area contributed by atoms with Gasteiger partial charge in [-0.3, -0.25) is 4.79 Å². The Balaban J connectivity index is 2.04. The van der Waals surface area contributed by atoms with Crippen LogP contribution in [0.25, 0.3) is 0 Å². The number of allylic oxidation sites excluding steroid dienone is 4. The maximum atomic E-state index is 12.3. The molecule has 278 valence electrons. The first-order chi connectivity index (χ1) is 23.7. The van der Waals surface area contributed by atoms with Gasteiger partial charge >= 0.3 is 5.97 Å². The van der Waals surface area contributed by atoms with Gasteiger partial charge in [0.05, 0.1) is 13.2 Å². The fourth-order valence-electron chi connectivity index (χ4n) is 6.51. The van der Waals surface area contributed by atoms with Gasteiger partial charge in [0, 0.05) is 19.3 Å². The summed E-state index contributed by atoms with van der Waals surface area (Å²) >= 11 is 0. The van der Waals surface area contributed by atoms with Gasteiger partial charge in [0.15, 0.2) is 0 Å². The minimum Gasteiger partial charge on any atom is -0.465 e. The van der Waals surface area contributed by atoms with Crippen molar-refractivity contribution in [3.63, 3.8) is 0 Å². The number of carbonyl (C=O) groups excluding carboxylic acids is 1. The minimum absolute atomic E-state index is 0.0821. The van der Waals surface area contributed by atoms with Crippen molar-refractivity contribution in [2.75, 3.05) is 13.2 Å². The van der Waals surface area contributed by atoms with Gasteiger partial charge in [0.25, 0.3) is 5.82 Å². The Morgan fingerprint density at radius 2 is 1.06 bits per heavy atom. The van der Waals surface area contributed by atoms with E-state index in [0.29, 0.717) is 26.0 Å². The largest absolute Gasteiger partial charge is 0.465 e. The van der Waals surface area contributed by atoms with Crippen molar-refractivity contribution in [2.45, 2.75) is 213 Å². The second kappa shape index (κ2) is 35.0. The zero-order valence-corrected chi connectivity index (χ0v) is 31.9. The molecule has 48 heavy (non-hydrogen) atoms. The average Bonchev–Trinajstić information content (AvgIpc) is 3.47. The summed E-state index contributed by atoms with van der Waals surface area (Å²) in [6.07, 6.45) is 48.5. The normalized spacial score (nSPS) is 11.8.